The van der Waals surface area contributed by atoms with Gasteiger partial charge in [0.05, 0.1) is 12.3 Å². The number of nitrogens with zero attached hydrogens (tertiary/aromatic N) is 2. The van der Waals surface area contributed by atoms with Crippen LogP contribution in [0.15, 0.2) is 18.5 Å². The molecule has 0 aromatic carbocycles. The Morgan fingerprint density at radius 3 is 2.76 bits per heavy atom. The Morgan fingerprint density at radius 2 is 2.12 bits per heavy atom. The summed E-state index contributed by atoms with van der Waals surface area (Å²) in [6.45, 7) is 9.12. The largest absolute Gasteiger partial charge is 0.490 e. The predicted octanol–water partition coefficient (Wildman–Crippen LogP) is 3.55. The van der Waals surface area contributed by atoms with Crippen molar-refractivity contribution in [3.63, 3.8) is 0 Å². The van der Waals surface area contributed by atoms with Gasteiger partial charge >= 0.3 is 0 Å². The number of hydrogen-bond donors (Lipinski definition) is 0. The summed E-state index contributed by atoms with van der Waals surface area (Å²) in [6.07, 6.45) is 5.33. The third kappa shape index (κ3) is 2.28. The fourth-order valence-corrected chi connectivity index (χ4v) is 1.98. The van der Waals surface area contributed by atoms with Crippen molar-refractivity contribution in [2.75, 3.05) is 6.61 Å². The first-order valence-electron chi connectivity index (χ1n) is 6.27. The van der Waals surface area contributed by atoms with E-state index in [-0.39, 0.29) is 0 Å². The van der Waals surface area contributed by atoms with E-state index in [4.69, 9.17) is 4.74 Å². The van der Waals surface area contributed by atoms with Crippen LogP contribution in [0.5, 0.6) is 5.75 Å². The van der Waals surface area contributed by atoms with Crippen LogP contribution in [0.2, 0.25) is 0 Å². The lowest BCUT2D eigenvalue weighted by Gasteiger charge is -2.12. The maximum absolute atomic E-state index is 5.68. The quantitative estimate of drug-likeness (QED) is 0.805. The van der Waals surface area contributed by atoms with Crippen molar-refractivity contribution in [2.45, 2.75) is 40.0 Å². The van der Waals surface area contributed by atoms with Gasteiger partial charge in [0, 0.05) is 12.4 Å². The van der Waals surface area contributed by atoms with Crippen molar-refractivity contribution >= 4 is 5.65 Å². The van der Waals surface area contributed by atoms with Gasteiger partial charge in [-0.1, -0.05) is 13.8 Å². The van der Waals surface area contributed by atoms with Gasteiger partial charge in [-0.05, 0) is 37.8 Å². The van der Waals surface area contributed by atoms with Crippen LogP contribution in [0, 0.1) is 6.92 Å². The van der Waals surface area contributed by atoms with Crippen molar-refractivity contribution < 1.29 is 4.74 Å². The van der Waals surface area contributed by atoms with Crippen LogP contribution in [0.4, 0.5) is 0 Å². The van der Waals surface area contributed by atoms with E-state index >= 15 is 0 Å². The molecule has 0 fully saturated rings. The molecule has 0 radical (unpaired) electrons. The Labute approximate surface area is 102 Å². The van der Waals surface area contributed by atoms with Gasteiger partial charge in [-0.25, -0.2) is 4.98 Å². The fourth-order valence-electron chi connectivity index (χ4n) is 1.98. The molecule has 1 atom stereocenters. The van der Waals surface area contributed by atoms with Gasteiger partial charge in [0.25, 0.3) is 0 Å². The first-order chi connectivity index (χ1) is 8.15. The van der Waals surface area contributed by atoms with Crippen molar-refractivity contribution in [2.24, 2.45) is 0 Å². The Morgan fingerprint density at radius 1 is 1.35 bits per heavy atom. The Kier molecular flexibility index (Phi) is 3.36. The van der Waals surface area contributed by atoms with Crippen molar-refractivity contribution in [3.8, 4) is 5.75 Å². The van der Waals surface area contributed by atoms with Crippen LogP contribution in [0.3, 0.4) is 0 Å². The zero-order valence-electron chi connectivity index (χ0n) is 11.0. The first-order valence-corrected chi connectivity index (χ1v) is 6.27. The van der Waals surface area contributed by atoms with Gasteiger partial charge in [0.2, 0.25) is 0 Å². The van der Waals surface area contributed by atoms with Crippen LogP contribution >= 0.6 is 0 Å². The monoisotopic (exact) mass is 232 g/mol. The molecule has 0 amide bonds. The fraction of sp³-hybridized carbons (Fsp3) is 0.500. The molecule has 17 heavy (non-hydrogen) atoms. The topological polar surface area (TPSA) is 26.5 Å². The minimum atomic E-state index is 0.543. The van der Waals surface area contributed by atoms with E-state index in [0.717, 1.165) is 23.5 Å². The smallest absolute Gasteiger partial charge is 0.179 e. The second kappa shape index (κ2) is 4.78. The number of fused-ring (bicyclic) bond motifs is 1. The van der Waals surface area contributed by atoms with Crippen molar-refractivity contribution in [1.29, 1.82) is 0 Å². The molecule has 0 bridgehead atoms. The van der Waals surface area contributed by atoms with Crippen LogP contribution in [-0.4, -0.2) is 16.0 Å². The van der Waals surface area contributed by atoms with Crippen LogP contribution in [0.25, 0.3) is 5.65 Å². The molecular formula is C14H20N2O. The van der Waals surface area contributed by atoms with Crippen LogP contribution in [0.1, 0.15) is 44.4 Å². The number of aryl methyl sites for hydroxylation is 1. The SMILES string of the molecule is CCOc1cc(C(C)CC)cn2cc(C)nc12. The first kappa shape index (κ1) is 12.0. The number of hydrogen-bond acceptors (Lipinski definition) is 2. The van der Waals surface area contributed by atoms with Gasteiger partial charge < -0.3 is 9.14 Å². The second-order valence-corrected chi connectivity index (χ2v) is 4.49. The summed E-state index contributed by atoms with van der Waals surface area (Å²) >= 11 is 0. The van der Waals surface area contributed by atoms with Gasteiger partial charge in [-0.3, -0.25) is 0 Å². The Hall–Kier alpha value is -1.51. The molecule has 0 aliphatic heterocycles. The van der Waals surface area contributed by atoms with E-state index in [1.54, 1.807) is 0 Å². The molecule has 2 aromatic rings. The molecule has 0 saturated heterocycles. The molecule has 2 aromatic heterocycles. The maximum Gasteiger partial charge on any atom is 0.179 e. The average Bonchev–Trinajstić information content (AvgIpc) is 2.69. The molecule has 0 aliphatic rings. The van der Waals surface area contributed by atoms with E-state index in [2.05, 4.69) is 35.5 Å². The van der Waals surface area contributed by atoms with Crippen molar-refractivity contribution in [1.82, 2.24) is 9.38 Å². The highest BCUT2D eigenvalue weighted by Gasteiger charge is 2.11. The zero-order valence-corrected chi connectivity index (χ0v) is 11.0. The molecule has 2 rings (SSSR count). The van der Waals surface area contributed by atoms with Crippen LogP contribution < -0.4 is 4.74 Å². The summed E-state index contributed by atoms with van der Waals surface area (Å²) in [4.78, 5) is 4.50. The molecule has 1 unspecified atom stereocenters. The molecular weight excluding hydrogens is 212 g/mol. The number of imidazole rings is 1. The number of ether oxygens (including phenoxy) is 1. The van der Waals surface area contributed by atoms with Gasteiger partial charge in [0.1, 0.15) is 0 Å². The second-order valence-electron chi connectivity index (χ2n) is 4.49. The van der Waals surface area contributed by atoms with Crippen molar-refractivity contribution in [3.05, 3.63) is 29.7 Å². The predicted molar refractivity (Wildman–Crippen MR) is 69.8 cm³/mol. The summed E-state index contributed by atoms with van der Waals surface area (Å²) in [6, 6.07) is 2.12. The molecule has 3 nitrogen and oxygen atoms in total. The summed E-state index contributed by atoms with van der Waals surface area (Å²) in [5.41, 5.74) is 3.24. The Bertz CT molecular complexity index is 516. The van der Waals surface area contributed by atoms with E-state index in [0.29, 0.717) is 12.5 Å². The van der Waals surface area contributed by atoms with Gasteiger partial charge in [0.15, 0.2) is 11.4 Å². The molecule has 3 heteroatoms. The molecule has 0 N–H and O–H groups in total. The molecule has 0 saturated carbocycles. The van der Waals surface area contributed by atoms with E-state index in [1.807, 2.05) is 20.0 Å². The van der Waals surface area contributed by atoms with Gasteiger partial charge in [-0.15, -0.1) is 0 Å². The number of rotatable bonds is 4. The zero-order chi connectivity index (χ0) is 12.4. The highest BCUT2D eigenvalue weighted by Crippen LogP contribution is 2.27. The standard InChI is InChI=1S/C14H20N2O/c1-5-10(3)12-7-13(17-6-2)14-15-11(4)8-16(14)9-12/h7-10H,5-6H2,1-4H3. The highest BCUT2D eigenvalue weighted by molar-refractivity contribution is 5.56. The lowest BCUT2D eigenvalue weighted by molar-refractivity contribution is 0.341. The molecule has 2 heterocycles. The summed E-state index contributed by atoms with van der Waals surface area (Å²) in [5, 5.41) is 0. The summed E-state index contributed by atoms with van der Waals surface area (Å²) in [5.74, 6) is 1.43. The lowest BCUT2D eigenvalue weighted by atomic mass is 10.0. The molecule has 0 spiro atoms. The minimum Gasteiger partial charge on any atom is -0.490 e. The number of pyridine rings is 1. The third-order valence-corrected chi connectivity index (χ3v) is 3.14. The molecule has 0 aliphatic carbocycles. The maximum atomic E-state index is 5.68. The highest BCUT2D eigenvalue weighted by atomic mass is 16.5. The number of aromatic nitrogens is 2. The van der Waals surface area contributed by atoms with E-state index in [1.165, 1.54) is 5.56 Å². The minimum absolute atomic E-state index is 0.543. The van der Waals surface area contributed by atoms with Gasteiger partial charge in [-0.2, -0.15) is 0 Å². The third-order valence-electron chi connectivity index (χ3n) is 3.14. The average molecular weight is 232 g/mol. The van der Waals surface area contributed by atoms with E-state index in [9.17, 15) is 0 Å². The Balaban J connectivity index is 2.57. The molecule has 92 valence electrons. The van der Waals surface area contributed by atoms with Crippen LogP contribution in [-0.2, 0) is 0 Å². The summed E-state index contributed by atoms with van der Waals surface area (Å²) in [7, 11) is 0. The normalized spacial score (nSPS) is 12.9. The lowest BCUT2D eigenvalue weighted by Crippen LogP contribution is -2.00. The van der Waals surface area contributed by atoms with E-state index < -0.39 is 0 Å². The summed E-state index contributed by atoms with van der Waals surface area (Å²) < 4.78 is 7.76.